The zero-order valence-corrected chi connectivity index (χ0v) is 13.6. The fourth-order valence-electron chi connectivity index (χ4n) is 2.00. The second kappa shape index (κ2) is 7.77. The van der Waals surface area contributed by atoms with E-state index >= 15 is 0 Å². The Bertz CT molecular complexity index is 693. The lowest BCUT2D eigenvalue weighted by molar-refractivity contribution is -0.384. The first-order chi connectivity index (χ1) is 11.4. The van der Waals surface area contributed by atoms with E-state index in [9.17, 15) is 24.5 Å². The van der Waals surface area contributed by atoms with Crippen LogP contribution in [0.4, 0.5) is 16.2 Å². The Hall–Kier alpha value is -2.62. The third kappa shape index (κ3) is 4.69. The summed E-state index contributed by atoms with van der Waals surface area (Å²) in [6.07, 6.45) is 0. The number of nitrogens with one attached hydrogen (secondary N) is 1. The number of aryl methyl sites for hydroxylation is 1. The van der Waals surface area contributed by atoms with Crippen molar-refractivity contribution in [2.75, 3.05) is 30.8 Å². The number of carbonyl (C=O) groups is 3. The van der Waals surface area contributed by atoms with Crippen LogP contribution in [0.15, 0.2) is 18.2 Å². The molecule has 0 aliphatic carbocycles. The Balaban J connectivity index is 1.81. The number of hydrogen-bond donors (Lipinski definition) is 1. The third-order valence-corrected chi connectivity index (χ3v) is 4.12. The van der Waals surface area contributed by atoms with Gasteiger partial charge >= 0.3 is 5.97 Å². The van der Waals surface area contributed by atoms with Gasteiger partial charge in [0, 0.05) is 30.1 Å². The highest BCUT2D eigenvalue weighted by molar-refractivity contribution is 8.13. The molecule has 0 aromatic heterocycles. The van der Waals surface area contributed by atoms with Gasteiger partial charge in [0.1, 0.15) is 6.54 Å². The fourth-order valence-corrected chi connectivity index (χ4v) is 2.83. The Kier molecular flexibility index (Phi) is 5.74. The highest BCUT2D eigenvalue weighted by Crippen LogP contribution is 2.21. The average Bonchev–Trinajstić information content (AvgIpc) is 2.92. The van der Waals surface area contributed by atoms with Gasteiger partial charge in [0.15, 0.2) is 6.61 Å². The summed E-state index contributed by atoms with van der Waals surface area (Å²) in [5, 5.41) is 13.0. The molecule has 0 unspecified atom stereocenters. The van der Waals surface area contributed by atoms with Gasteiger partial charge in [0.2, 0.25) is 0 Å². The molecule has 9 nitrogen and oxygen atoms in total. The fraction of sp³-hybridized carbons (Fsp3) is 0.357. The Morgan fingerprint density at radius 2 is 2.21 bits per heavy atom. The van der Waals surface area contributed by atoms with Crippen molar-refractivity contribution in [2.24, 2.45) is 0 Å². The minimum atomic E-state index is -0.665. The smallest absolute Gasteiger partial charge is 0.326 e. The zero-order valence-electron chi connectivity index (χ0n) is 12.8. The van der Waals surface area contributed by atoms with Crippen molar-refractivity contribution < 1.29 is 24.0 Å². The standard InChI is InChI=1S/C14H15N3O6S/c1-9-6-10(17(21)22)2-3-11(9)15-12(18)8-23-13(19)7-16-4-5-24-14(16)20/h2-3,6H,4-5,7-8H2,1H3,(H,15,18). The summed E-state index contributed by atoms with van der Waals surface area (Å²) in [6.45, 7) is 1.41. The van der Waals surface area contributed by atoms with E-state index < -0.39 is 23.4 Å². The maximum absolute atomic E-state index is 11.8. The van der Waals surface area contributed by atoms with E-state index in [1.54, 1.807) is 6.92 Å². The lowest BCUT2D eigenvalue weighted by atomic mass is 10.2. The van der Waals surface area contributed by atoms with E-state index in [0.717, 1.165) is 11.8 Å². The molecule has 1 aromatic rings. The summed E-state index contributed by atoms with van der Waals surface area (Å²) in [5.41, 5.74) is 0.835. The molecule has 0 radical (unpaired) electrons. The average molecular weight is 353 g/mol. The summed E-state index contributed by atoms with van der Waals surface area (Å²) >= 11 is 1.13. The van der Waals surface area contributed by atoms with Gasteiger partial charge in [-0.1, -0.05) is 11.8 Å². The van der Waals surface area contributed by atoms with E-state index in [2.05, 4.69) is 5.32 Å². The summed E-state index contributed by atoms with van der Waals surface area (Å²) < 4.78 is 4.83. The molecule has 1 saturated heterocycles. The molecular formula is C14H15N3O6S. The van der Waals surface area contributed by atoms with Crippen molar-refractivity contribution in [1.82, 2.24) is 4.90 Å². The highest BCUT2D eigenvalue weighted by atomic mass is 32.2. The first-order valence-corrected chi connectivity index (χ1v) is 7.97. The molecule has 0 spiro atoms. The minimum Gasteiger partial charge on any atom is -0.454 e. The predicted molar refractivity (Wildman–Crippen MR) is 86.8 cm³/mol. The van der Waals surface area contributed by atoms with E-state index in [4.69, 9.17) is 4.74 Å². The molecular weight excluding hydrogens is 338 g/mol. The van der Waals surface area contributed by atoms with Crippen molar-refractivity contribution in [3.05, 3.63) is 33.9 Å². The molecule has 2 rings (SSSR count). The molecule has 1 fully saturated rings. The Labute approximate surface area is 141 Å². The summed E-state index contributed by atoms with van der Waals surface area (Å²) in [6, 6.07) is 4.01. The van der Waals surface area contributed by atoms with Gasteiger partial charge in [0.25, 0.3) is 16.8 Å². The van der Waals surface area contributed by atoms with E-state index in [1.165, 1.54) is 23.1 Å². The number of carbonyl (C=O) groups excluding carboxylic acids is 3. The second-order valence-corrected chi connectivity index (χ2v) is 6.05. The number of thioether (sulfide) groups is 1. The first kappa shape index (κ1) is 17.7. The van der Waals surface area contributed by atoms with Crippen LogP contribution in [0.5, 0.6) is 0 Å². The molecule has 0 bridgehead atoms. The van der Waals surface area contributed by atoms with Crippen LogP contribution in [0.3, 0.4) is 0 Å². The van der Waals surface area contributed by atoms with Gasteiger partial charge in [-0.3, -0.25) is 24.5 Å². The predicted octanol–water partition coefficient (Wildman–Crippen LogP) is 1.55. The molecule has 1 aromatic carbocycles. The number of nitrogens with zero attached hydrogens (tertiary/aromatic N) is 2. The van der Waals surface area contributed by atoms with Gasteiger partial charge < -0.3 is 15.0 Å². The number of non-ortho nitro benzene ring substituents is 1. The number of amides is 2. The lowest BCUT2D eigenvalue weighted by Gasteiger charge is -2.13. The molecule has 1 aliphatic heterocycles. The van der Waals surface area contributed by atoms with Crippen LogP contribution in [-0.4, -0.2) is 52.4 Å². The van der Waals surface area contributed by atoms with E-state index in [1.807, 2.05) is 0 Å². The van der Waals surface area contributed by atoms with Crippen LogP contribution >= 0.6 is 11.8 Å². The maximum Gasteiger partial charge on any atom is 0.326 e. The Morgan fingerprint density at radius 3 is 2.79 bits per heavy atom. The largest absolute Gasteiger partial charge is 0.454 e. The number of ether oxygens (including phenoxy) is 1. The van der Waals surface area contributed by atoms with Crippen LogP contribution in [0, 0.1) is 17.0 Å². The van der Waals surface area contributed by atoms with E-state index in [0.29, 0.717) is 23.5 Å². The van der Waals surface area contributed by atoms with Crippen LogP contribution in [0.25, 0.3) is 0 Å². The number of nitro benzene ring substituents is 1. The van der Waals surface area contributed by atoms with Gasteiger partial charge in [-0.25, -0.2) is 0 Å². The molecule has 0 saturated carbocycles. The molecule has 24 heavy (non-hydrogen) atoms. The quantitative estimate of drug-likeness (QED) is 0.468. The molecule has 0 atom stereocenters. The minimum absolute atomic E-state index is 0.0786. The zero-order chi connectivity index (χ0) is 17.7. The van der Waals surface area contributed by atoms with Crippen molar-refractivity contribution in [1.29, 1.82) is 0 Å². The lowest BCUT2D eigenvalue weighted by Crippen LogP contribution is -2.32. The van der Waals surface area contributed by atoms with Gasteiger partial charge in [0.05, 0.1) is 4.92 Å². The molecule has 10 heteroatoms. The van der Waals surface area contributed by atoms with Crippen molar-refractivity contribution in [2.45, 2.75) is 6.92 Å². The number of anilines is 1. The van der Waals surface area contributed by atoms with Crippen molar-refractivity contribution in [3.8, 4) is 0 Å². The molecule has 1 heterocycles. The summed E-state index contributed by atoms with van der Waals surface area (Å²) in [7, 11) is 0. The van der Waals surface area contributed by atoms with Crippen molar-refractivity contribution in [3.63, 3.8) is 0 Å². The normalized spacial score (nSPS) is 13.7. The maximum atomic E-state index is 11.8. The SMILES string of the molecule is Cc1cc([N+](=O)[O-])ccc1NC(=O)COC(=O)CN1CCSC1=O. The second-order valence-electron chi connectivity index (χ2n) is 5.00. The number of rotatable bonds is 6. The molecule has 128 valence electrons. The Morgan fingerprint density at radius 1 is 1.46 bits per heavy atom. The molecule has 1 aliphatic rings. The van der Waals surface area contributed by atoms with Crippen molar-refractivity contribution >= 4 is 40.3 Å². The van der Waals surface area contributed by atoms with Gasteiger partial charge in [-0.15, -0.1) is 0 Å². The summed E-state index contributed by atoms with van der Waals surface area (Å²) in [5.74, 6) is -0.602. The topological polar surface area (TPSA) is 119 Å². The van der Waals surface area contributed by atoms with Crippen LogP contribution in [-0.2, 0) is 14.3 Å². The third-order valence-electron chi connectivity index (χ3n) is 3.22. The number of benzene rings is 1. The van der Waals surface area contributed by atoms with Gasteiger partial charge in [-0.2, -0.15) is 0 Å². The molecule has 2 amide bonds. The van der Waals surface area contributed by atoms with Crippen LogP contribution in [0.1, 0.15) is 5.56 Å². The van der Waals surface area contributed by atoms with Gasteiger partial charge in [-0.05, 0) is 18.6 Å². The summed E-state index contributed by atoms with van der Waals surface area (Å²) in [4.78, 5) is 46.2. The highest BCUT2D eigenvalue weighted by Gasteiger charge is 2.24. The number of nitro groups is 1. The van der Waals surface area contributed by atoms with E-state index in [-0.39, 0.29) is 17.5 Å². The first-order valence-electron chi connectivity index (χ1n) is 6.99. The monoisotopic (exact) mass is 353 g/mol. The number of hydrogen-bond acceptors (Lipinski definition) is 7. The van der Waals surface area contributed by atoms with Crippen LogP contribution < -0.4 is 5.32 Å². The number of esters is 1. The molecule has 1 N–H and O–H groups in total. The van der Waals surface area contributed by atoms with Crippen LogP contribution in [0.2, 0.25) is 0 Å².